The maximum absolute atomic E-state index is 12.0. The zero-order chi connectivity index (χ0) is 12.3. The molecule has 1 amide bonds. The topological polar surface area (TPSA) is 75.0 Å². The number of hydrogen-bond donors (Lipinski definition) is 2. The van der Waals surface area contributed by atoms with Gasteiger partial charge in [0.25, 0.3) is 5.91 Å². The highest BCUT2D eigenvalue weighted by Gasteiger charge is 2.23. The minimum absolute atomic E-state index is 0.0206. The molecule has 0 radical (unpaired) electrons. The van der Waals surface area contributed by atoms with Crippen molar-refractivity contribution in [2.24, 2.45) is 11.1 Å². The van der Waals surface area contributed by atoms with Crippen LogP contribution in [0.5, 0.6) is 0 Å². The minimum Gasteiger partial charge on any atom is -0.341 e. The van der Waals surface area contributed by atoms with Gasteiger partial charge >= 0.3 is 0 Å². The van der Waals surface area contributed by atoms with E-state index in [1.165, 1.54) is 0 Å². The van der Waals surface area contributed by atoms with Crippen molar-refractivity contribution < 1.29 is 4.79 Å². The lowest BCUT2D eigenvalue weighted by Crippen LogP contribution is -2.39. The predicted molar refractivity (Wildman–Crippen MR) is 63.1 cm³/mol. The molecule has 0 saturated carbocycles. The first kappa shape index (κ1) is 12.7. The van der Waals surface area contributed by atoms with Crippen LogP contribution in [0, 0.1) is 12.3 Å². The Kier molecular flexibility index (Phi) is 3.70. The van der Waals surface area contributed by atoms with Gasteiger partial charge in [-0.05, 0) is 18.9 Å². The van der Waals surface area contributed by atoms with Crippen LogP contribution in [0.2, 0.25) is 0 Å². The van der Waals surface area contributed by atoms with Crippen LogP contribution in [-0.4, -0.2) is 41.1 Å². The van der Waals surface area contributed by atoms with Crippen molar-refractivity contribution in [2.75, 3.05) is 20.1 Å². The van der Waals surface area contributed by atoms with Crippen LogP contribution >= 0.6 is 0 Å². The number of nitrogens with two attached hydrogens (primary N) is 1. The monoisotopic (exact) mass is 224 g/mol. The van der Waals surface area contributed by atoms with Gasteiger partial charge in [0.05, 0.1) is 11.8 Å². The first-order valence-corrected chi connectivity index (χ1v) is 5.33. The zero-order valence-corrected chi connectivity index (χ0v) is 10.4. The molecule has 3 N–H and O–H groups in total. The maximum Gasteiger partial charge on any atom is 0.257 e. The molecule has 16 heavy (non-hydrogen) atoms. The Bertz CT molecular complexity index is 370. The summed E-state index contributed by atoms with van der Waals surface area (Å²) < 4.78 is 0. The highest BCUT2D eigenvalue weighted by Crippen LogP contribution is 2.16. The molecule has 1 rings (SSSR count). The fourth-order valence-electron chi connectivity index (χ4n) is 1.55. The lowest BCUT2D eigenvalue weighted by Gasteiger charge is -2.28. The predicted octanol–water partition coefficient (Wildman–Crippen LogP) is 0.775. The minimum atomic E-state index is -0.0674. The number of carbonyl (C=O) groups is 1. The smallest absolute Gasteiger partial charge is 0.257 e. The summed E-state index contributed by atoms with van der Waals surface area (Å²) in [6.45, 7) is 7.10. The number of H-pyrrole nitrogens is 1. The van der Waals surface area contributed by atoms with Crippen molar-refractivity contribution in [3.05, 3.63) is 17.5 Å². The number of nitrogens with one attached hydrogen (secondary N) is 1. The number of aromatic amines is 1. The number of hydrogen-bond acceptors (Lipinski definition) is 3. The molecule has 0 bridgehead atoms. The molecule has 5 nitrogen and oxygen atoms in total. The Morgan fingerprint density at radius 3 is 2.69 bits per heavy atom. The molecule has 0 aliphatic heterocycles. The molecule has 90 valence electrons. The standard InChI is InChI=1S/C11H20N4O/c1-8-9(5-13-14-8)10(16)15(4)7-11(2,3)6-12/h5H,6-7,12H2,1-4H3,(H,13,14). The Balaban J connectivity index is 2.73. The van der Waals surface area contributed by atoms with E-state index < -0.39 is 0 Å². The lowest BCUT2D eigenvalue weighted by atomic mass is 9.93. The van der Waals surface area contributed by atoms with Gasteiger partial charge in [-0.15, -0.1) is 0 Å². The van der Waals surface area contributed by atoms with E-state index in [9.17, 15) is 4.79 Å². The van der Waals surface area contributed by atoms with Crippen LogP contribution < -0.4 is 5.73 Å². The van der Waals surface area contributed by atoms with Gasteiger partial charge in [0.1, 0.15) is 0 Å². The highest BCUT2D eigenvalue weighted by atomic mass is 16.2. The van der Waals surface area contributed by atoms with Crippen molar-refractivity contribution >= 4 is 5.91 Å². The van der Waals surface area contributed by atoms with E-state index in [0.717, 1.165) is 5.69 Å². The summed E-state index contributed by atoms with van der Waals surface area (Å²) in [6, 6.07) is 0. The third-order valence-electron chi connectivity index (χ3n) is 2.62. The molecule has 0 atom stereocenters. The number of nitrogens with zero attached hydrogens (tertiary/aromatic N) is 2. The van der Waals surface area contributed by atoms with Crippen molar-refractivity contribution in [1.29, 1.82) is 0 Å². The van der Waals surface area contributed by atoms with Crippen LogP contribution in [0.15, 0.2) is 6.20 Å². The second kappa shape index (κ2) is 4.65. The van der Waals surface area contributed by atoms with Crippen molar-refractivity contribution in [3.8, 4) is 0 Å². The first-order chi connectivity index (χ1) is 7.37. The van der Waals surface area contributed by atoms with Gasteiger partial charge < -0.3 is 10.6 Å². The van der Waals surface area contributed by atoms with Gasteiger partial charge in [0, 0.05) is 19.3 Å². The number of rotatable bonds is 4. The van der Waals surface area contributed by atoms with Gasteiger partial charge in [-0.25, -0.2) is 0 Å². The van der Waals surface area contributed by atoms with Gasteiger partial charge in [0.15, 0.2) is 0 Å². The third kappa shape index (κ3) is 2.82. The largest absolute Gasteiger partial charge is 0.341 e. The lowest BCUT2D eigenvalue weighted by molar-refractivity contribution is 0.0740. The average molecular weight is 224 g/mol. The van der Waals surface area contributed by atoms with Gasteiger partial charge in [-0.3, -0.25) is 9.89 Å². The van der Waals surface area contributed by atoms with E-state index in [4.69, 9.17) is 5.73 Å². The summed E-state index contributed by atoms with van der Waals surface area (Å²) in [5.74, 6) is -0.0206. The number of carbonyl (C=O) groups excluding carboxylic acids is 1. The number of amides is 1. The third-order valence-corrected chi connectivity index (χ3v) is 2.62. The van der Waals surface area contributed by atoms with Crippen LogP contribution in [0.4, 0.5) is 0 Å². The van der Waals surface area contributed by atoms with Gasteiger partial charge in [-0.2, -0.15) is 5.10 Å². The van der Waals surface area contributed by atoms with Gasteiger partial charge in [0.2, 0.25) is 0 Å². The summed E-state index contributed by atoms with van der Waals surface area (Å²) in [5.41, 5.74) is 6.99. The molecule has 1 aromatic heterocycles. The second-order valence-electron chi connectivity index (χ2n) is 4.94. The van der Waals surface area contributed by atoms with Crippen molar-refractivity contribution in [2.45, 2.75) is 20.8 Å². The van der Waals surface area contributed by atoms with E-state index in [1.807, 2.05) is 20.8 Å². The molecule has 0 fully saturated rings. The summed E-state index contributed by atoms with van der Waals surface area (Å²) in [5, 5.41) is 6.60. The first-order valence-electron chi connectivity index (χ1n) is 5.33. The molecular formula is C11H20N4O. The Hall–Kier alpha value is -1.36. The summed E-state index contributed by atoms with van der Waals surface area (Å²) in [4.78, 5) is 13.7. The molecule has 0 spiro atoms. The highest BCUT2D eigenvalue weighted by molar-refractivity contribution is 5.94. The van der Waals surface area contributed by atoms with E-state index in [2.05, 4.69) is 10.2 Å². The summed E-state index contributed by atoms with van der Waals surface area (Å²) >= 11 is 0. The molecule has 0 aliphatic carbocycles. The SMILES string of the molecule is Cc1[nH]ncc1C(=O)N(C)CC(C)(C)CN. The molecule has 0 aromatic carbocycles. The van der Waals surface area contributed by atoms with Crippen LogP contribution in [0.1, 0.15) is 29.9 Å². The normalized spacial score (nSPS) is 11.6. The van der Waals surface area contributed by atoms with Gasteiger partial charge in [-0.1, -0.05) is 13.8 Å². The fourth-order valence-corrected chi connectivity index (χ4v) is 1.55. The van der Waals surface area contributed by atoms with Crippen LogP contribution in [-0.2, 0) is 0 Å². The van der Waals surface area contributed by atoms with Crippen LogP contribution in [0.3, 0.4) is 0 Å². The Morgan fingerprint density at radius 2 is 2.25 bits per heavy atom. The molecule has 1 aromatic rings. The van der Waals surface area contributed by atoms with E-state index in [1.54, 1.807) is 18.1 Å². The molecule has 1 heterocycles. The zero-order valence-electron chi connectivity index (χ0n) is 10.4. The van der Waals surface area contributed by atoms with Crippen molar-refractivity contribution in [3.63, 3.8) is 0 Å². The van der Waals surface area contributed by atoms with E-state index in [0.29, 0.717) is 18.7 Å². The van der Waals surface area contributed by atoms with E-state index in [-0.39, 0.29) is 11.3 Å². The summed E-state index contributed by atoms with van der Waals surface area (Å²) in [7, 11) is 1.78. The molecule has 0 aliphatic rings. The maximum atomic E-state index is 12.0. The number of aromatic nitrogens is 2. The van der Waals surface area contributed by atoms with Crippen LogP contribution in [0.25, 0.3) is 0 Å². The van der Waals surface area contributed by atoms with Crippen molar-refractivity contribution in [1.82, 2.24) is 15.1 Å². The molecule has 0 saturated heterocycles. The Morgan fingerprint density at radius 1 is 1.62 bits per heavy atom. The molecule has 0 unspecified atom stereocenters. The Labute approximate surface area is 96.0 Å². The quantitative estimate of drug-likeness (QED) is 0.793. The summed E-state index contributed by atoms with van der Waals surface area (Å²) in [6.07, 6.45) is 1.56. The average Bonchev–Trinajstić information content (AvgIpc) is 2.62. The fraction of sp³-hybridized carbons (Fsp3) is 0.636. The second-order valence-corrected chi connectivity index (χ2v) is 4.94. The number of aryl methyl sites for hydroxylation is 1. The molecular weight excluding hydrogens is 204 g/mol. The molecule has 5 heteroatoms. The van der Waals surface area contributed by atoms with E-state index >= 15 is 0 Å².